The normalized spacial score (nSPS) is 14.2. The molecule has 0 aliphatic carbocycles. The van der Waals surface area contributed by atoms with Crippen molar-refractivity contribution < 1.29 is 33.5 Å². The van der Waals surface area contributed by atoms with Crippen molar-refractivity contribution in [3.05, 3.63) is 118 Å². The molecule has 248 valence electrons. The van der Waals surface area contributed by atoms with Crippen molar-refractivity contribution in [2.75, 3.05) is 9.80 Å². The molecule has 2 aliphatic rings. The lowest BCUT2D eigenvalue weighted by Crippen LogP contribution is -2.40. The number of ether oxygens (including phenoxy) is 1. The number of hydrogen-bond acceptors (Lipinski definition) is 7. The standard InChI is InChI=1S/C38H34N4O7/c1-37(2,3)39-31(43)21-9-7-11-23(17-21)41-33(45)27-15-13-25(19-29(27)35(41)47)49-26-14-16-28-30(20-26)36(48)42(34(28)46)24-12-8-10-22(18-24)32(44)40-38(4,5)6/h7-20H,1-6H3,(H,39,43)(H,40,44). The maximum absolute atomic E-state index is 13.5. The average molecular weight is 659 g/mol. The summed E-state index contributed by atoms with van der Waals surface area (Å²) in [7, 11) is 0. The largest absolute Gasteiger partial charge is 0.457 e. The van der Waals surface area contributed by atoms with Gasteiger partial charge in [-0.1, -0.05) is 12.1 Å². The Morgan fingerprint density at radius 2 is 0.878 bits per heavy atom. The molecule has 4 aromatic carbocycles. The highest BCUT2D eigenvalue weighted by atomic mass is 16.5. The van der Waals surface area contributed by atoms with Gasteiger partial charge in [-0.15, -0.1) is 0 Å². The van der Waals surface area contributed by atoms with Crippen molar-refractivity contribution in [2.24, 2.45) is 0 Å². The minimum atomic E-state index is -0.581. The predicted molar refractivity (Wildman–Crippen MR) is 183 cm³/mol. The van der Waals surface area contributed by atoms with Crippen LogP contribution in [0.1, 0.15) is 104 Å². The predicted octanol–water partition coefficient (Wildman–Crippen LogP) is 6.14. The lowest BCUT2D eigenvalue weighted by atomic mass is 10.1. The first kappa shape index (κ1) is 32.8. The van der Waals surface area contributed by atoms with Crippen LogP contribution in [0, 0.1) is 0 Å². The fourth-order valence-corrected chi connectivity index (χ4v) is 5.57. The van der Waals surface area contributed by atoms with E-state index in [0.29, 0.717) is 11.1 Å². The van der Waals surface area contributed by atoms with E-state index in [9.17, 15) is 28.8 Å². The quantitative estimate of drug-likeness (QED) is 0.237. The minimum Gasteiger partial charge on any atom is -0.457 e. The van der Waals surface area contributed by atoms with E-state index in [2.05, 4.69) is 10.6 Å². The Kier molecular flexibility index (Phi) is 7.94. The van der Waals surface area contributed by atoms with Crippen molar-refractivity contribution in [1.82, 2.24) is 10.6 Å². The molecule has 11 nitrogen and oxygen atoms in total. The highest BCUT2D eigenvalue weighted by Gasteiger charge is 2.39. The van der Waals surface area contributed by atoms with Gasteiger partial charge >= 0.3 is 0 Å². The molecule has 0 radical (unpaired) electrons. The number of imide groups is 2. The number of anilines is 2. The second-order valence-corrected chi connectivity index (χ2v) is 13.9. The summed E-state index contributed by atoms with van der Waals surface area (Å²) in [5.41, 5.74) is 0.724. The molecule has 0 saturated heterocycles. The third-order valence-electron chi connectivity index (χ3n) is 7.66. The monoisotopic (exact) mass is 658 g/mol. The Morgan fingerprint density at radius 1 is 0.510 bits per heavy atom. The van der Waals surface area contributed by atoms with Crippen LogP contribution in [0.5, 0.6) is 11.5 Å². The summed E-state index contributed by atoms with van der Waals surface area (Å²) in [6, 6.07) is 21.4. The lowest BCUT2D eigenvalue weighted by Gasteiger charge is -2.21. The van der Waals surface area contributed by atoms with E-state index in [1.165, 1.54) is 48.5 Å². The average Bonchev–Trinajstić information content (AvgIpc) is 3.42. The number of fused-ring (bicyclic) bond motifs is 2. The van der Waals surface area contributed by atoms with Gasteiger partial charge in [0.15, 0.2) is 0 Å². The van der Waals surface area contributed by atoms with Gasteiger partial charge in [-0.25, -0.2) is 9.80 Å². The van der Waals surface area contributed by atoms with Crippen molar-refractivity contribution in [2.45, 2.75) is 52.6 Å². The molecule has 0 spiro atoms. The van der Waals surface area contributed by atoms with Gasteiger partial charge in [0, 0.05) is 22.2 Å². The Morgan fingerprint density at radius 3 is 1.24 bits per heavy atom. The molecule has 11 heteroatoms. The third kappa shape index (κ3) is 6.42. The second-order valence-electron chi connectivity index (χ2n) is 13.9. The summed E-state index contributed by atoms with van der Waals surface area (Å²) >= 11 is 0. The highest BCUT2D eigenvalue weighted by Crippen LogP contribution is 2.35. The number of hydrogen-bond donors (Lipinski definition) is 2. The number of benzene rings is 4. The molecule has 0 atom stereocenters. The van der Waals surface area contributed by atoms with Crippen LogP contribution in [0.25, 0.3) is 0 Å². The zero-order valence-electron chi connectivity index (χ0n) is 27.8. The maximum Gasteiger partial charge on any atom is 0.266 e. The summed E-state index contributed by atoms with van der Waals surface area (Å²) in [5.74, 6) is -2.46. The fourth-order valence-electron chi connectivity index (χ4n) is 5.57. The molecule has 0 bridgehead atoms. The van der Waals surface area contributed by atoms with Crippen LogP contribution < -0.4 is 25.2 Å². The molecule has 0 fully saturated rings. The van der Waals surface area contributed by atoms with Gasteiger partial charge < -0.3 is 15.4 Å². The Balaban J connectivity index is 1.21. The number of rotatable bonds is 6. The first-order chi connectivity index (χ1) is 23.0. The molecule has 2 N–H and O–H groups in total. The lowest BCUT2D eigenvalue weighted by molar-refractivity contribution is 0.0906. The van der Waals surface area contributed by atoms with Gasteiger partial charge in [0.25, 0.3) is 35.4 Å². The molecule has 0 saturated carbocycles. The maximum atomic E-state index is 13.5. The molecule has 2 heterocycles. The minimum absolute atomic E-state index is 0.112. The van der Waals surface area contributed by atoms with Gasteiger partial charge in [-0.3, -0.25) is 28.8 Å². The number of nitrogens with one attached hydrogen (secondary N) is 2. The summed E-state index contributed by atoms with van der Waals surface area (Å²) in [6.45, 7) is 11.1. The van der Waals surface area contributed by atoms with Crippen molar-refractivity contribution in [3.8, 4) is 11.5 Å². The van der Waals surface area contributed by atoms with Crippen LogP contribution in [-0.4, -0.2) is 46.5 Å². The topological polar surface area (TPSA) is 142 Å². The molecule has 2 aliphatic heterocycles. The van der Waals surface area contributed by atoms with E-state index < -0.39 is 34.7 Å². The number of carbonyl (C=O) groups excluding carboxylic acids is 6. The molecule has 49 heavy (non-hydrogen) atoms. The van der Waals surface area contributed by atoms with Crippen LogP contribution in [0.15, 0.2) is 84.9 Å². The summed E-state index contributed by atoms with van der Waals surface area (Å²) in [6.07, 6.45) is 0. The number of nitrogens with zero attached hydrogens (tertiary/aromatic N) is 2. The van der Waals surface area contributed by atoms with E-state index in [4.69, 9.17) is 4.74 Å². The van der Waals surface area contributed by atoms with Gasteiger partial charge in [0.05, 0.1) is 33.6 Å². The second kappa shape index (κ2) is 11.9. The number of amides is 6. The van der Waals surface area contributed by atoms with Gasteiger partial charge in [0.1, 0.15) is 11.5 Å². The fraction of sp³-hybridized carbons (Fsp3) is 0.211. The van der Waals surface area contributed by atoms with Crippen molar-refractivity contribution >= 4 is 46.8 Å². The van der Waals surface area contributed by atoms with Crippen LogP contribution in [0.2, 0.25) is 0 Å². The van der Waals surface area contributed by atoms with E-state index in [0.717, 1.165) is 9.80 Å². The molecule has 0 unspecified atom stereocenters. The highest BCUT2D eigenvalue weighted by molar-refractivity contribution is 6.35. The Labute approximate surface area is 282 Å². The van der Waals surface area contributed by atoms with Gasteiger partial charge in [0.2, 0.25) is 0 Å². The van der Waals surface area contributed by atoms with Crippen molar-refractivity contribution in [1.29, 1.82) is 0 Å². The van der Waals surface area contributed by atoms with E-state index in [1.807, 2.05) is 41.5 Å². The molecule has 6 rings (SSSR count). The van der Waals surface area contributed by atoms with Crippen LogP contribution in [0.4, 0.5) is 11.4 Å². The Bertz CT molecular complexity index is 1960. The van der Waals surface area contributed by atoms with E-state index >= 15 is 0 Å². The zero-order chi connectivity index (χ0) is 35.4. The zero-order valence-corrected chi connectivity index (χ0v) is 27.8. The van der Waals surface area contributed by atoms with Crippen LogP contribution in [-0.2, 0) is 0 Å². The van der Waals surface area contributed by atoms with Crippen LogP contribution >= 0.6 is 0 Å². The Hall–Kier alpha value is -6.10. The van der Waals surface area contributed by atoms with Crippen molar-refractivity contribution in [3.63, 3.8) is 0 Å². The molecule has 4 aromatic rings. The molecule has 6 amide bonds. The summed E-state index contributed by atoms with van der Waals surface area (Å²) < 4.78 is 6.00. The first-order valence-corrected chi connectivity index (χ1v) is 15.6. The van der Waals surface area contributed by atoms with Gasteiger partial charge in [-0.05, 0) is 114 Å². The summed E-state index contributed by atoms with van der Waals surface area (Å²) in [5, 5.41) is 5.73. The van der Waals surface area contributed by atoms with E-state index in [-0.39, 0.29) is 56.9 Å². The first-order valence-electron chi connectivity index (χ1n) is 15.6. The molecular formula is C38H34N4O7. The third-order valence-corrected chi connectivity index (χ3v) is 7.66. The SMILES string of the molecule is CC(C)(C)NC(=O)c1cccc(N2C(=O)c3ccc(Oc4ccc5c(c4)C(=O)N(c4cccc(C(=O)NC(C)(C)C)c4)C5=O)cc3C2=O)c1. The molecular weight excluding hydrogens is 624 g/mol. The van der Waals surface area contributed by atoms with E-state index in [1.54, 1.807) is 36.4 Å². The number of carbonyl (C=O) groups is 6. The van der Waals surface area contributed by atoms with Gasteiger partial charge in [-0.2, -0.15) is 0 Å². The van der Waals surface area contributed by atoms with Crippen LogP contribution in [0.3, 0.4) is 0 Å². The molecule has 0 aromatic heterocycles. The smallest absolute Gasteiger partial charge is 0.266 e. The summed E-state index contributed by atoms with van der Waals surface area (Å²) in [4.78, 5) is 81.1.